The lowest BCUT2D eigenvalue weighted by molar-refractivity contribution is 0.0600. The van der Waals surface area contributed by atoms with Crippen molar-refractivity contribution in [2.45, 2.75) is 25.9 Å². The minimum absolute atomic E-state index is 0.370. The molecule has 0 N–H and O–H groups in total. The number of hydrogen-bond acceptors (Lipinski definition) is 7. The second-order valence-corrected chi connectivity index (χ2v) is 11.2. The van der Waals surface area contributed by atoms with Gasteiger partial charge in [-0.15, -0.1) is 0 Å². The Morgan fingerprint density at radius 1 is 1.23 bits per heavy atom. The van der Waals surface area contributed by atoms with Crippen molar-refractivity contribution in [3.63, 3.8) is 0 Å². The molecule has 35 heavy (non-hydrogen) atoms. The van der Waals surface area contributed by atoms with Gasteiger partial charge in [-0.3, -0.25) is 4.31 Å². The topological polar surface area (TPSA) is 109 Å². The van der Waals surface area contributed by atoms with Crippen LogP contribution in [0.25, 0.3) is 33.6 Å². The van der Waals surface area contributed by atoms with Crippen LogP contribution >= 0.6 is 0 Å². The van der Waals surface area contributed by atoms with Gasteiger partial charge in [0.1, 0.15) is 29.3 Å². The van der Waals surface area contributed by atoms with Gasteiger partial charge in [-0.05, 0) is 49.1 Å². The van der Waals surface area contributed by atoms with Gasteiger partial charge in [-0.2, -0.15) is 0 Å². The molecule has 0 saturated heterocycles. The average Bonchev–Trinajstić information content (AvgIpc) is 3.49. The van der Waals surface area contributed by atoms with E-state index in [4.69, 9.17) is 19.4 Å². The molecule has 6 rings (SSSR count). The second-order valence-electron chi connectivity index (χ2n) is 9.17. The Labute approximate surface area is 202 Å². The monoisotopic (exact) mass is 495 g/mol. The van der Waals surface area contributed by atoms with Crippen molar-refractivity contribution in [3.05, 3.63) is 35.9 Å². The summed E-state index contributed by atoms with van der Waals surface area (Å²) in [6.07, 6.45) is 3.47. The fourth-order valence-electron chi connectivity index (χ4n) is 4.63. The molecule has 0 spiro atoms. The first-order valence-corrected chi connectivity index (χ1v) is 13.3. The van der Waals surface area contributed by atoms with Crippen molar-refractivity contribution in [2.75, 3.05) is 31.3 Å². The van der Waals surface area contributed by atoms with Gasteiger partial charge in [0, 0.05) is 19.0 Å². The average molecular weight is 496 g/mol. The van der Waals surface area contributed by atoms with Crippen LogP contribution in [0.1, 0.15) is 23.2 Å². The number of methoxy groups -OCH3 is 1. The van der Waals surface area contributed by atoms with E-state index in [1.54, 1.807) is 18.2 Å². The quantitative estimate of drug-likeness (QED) is 0.378. The fraction of sp³-hybridized carbons (Fsp3) is 0.375. The molecule has 0 unspecified atom stereocenters. The molecule has 0 atom stereocenters. The van der Waals surface area contributed by atoms with Gasteiger partial charge in [0.15, 0.2) is 5.82 Å². The van der Waals surface area contributed by atoms with Gasteiger partial charge in [0.25, 0.3) is 0 Å². The van der Waals surface area contributed by atoms with Crippen LogP contribution in [0.2, 0.25) is 0 Å². The first-order chi connectivity index (χ1) is 16.7. The summed E-state index contributed by atoms with van der Waals surface area (Å²) in [5, 5.41) is 0.911. The first-order valence-electron chi connectivity index (χ1n) is 11.4. The van der Waals surface area contributed by atoms with Gasteiger partial charge in [0.05, 0.1) is 36.7 Å². The highest BCUT2D eigenvalue weighted by Crippen LogP contribution is 2.39. The molecule has 11 heteroatoms. The van der Waals surface area contributed by atoms with Crippen molar-refractivity contribution in [1.82, 2.24) is 19.1 Å². The summed E-state index contributed by atoms with van der Waals surface area (Å²) in [4.78, 5) is 21.9. The standard InChI is InChI=1S/C24H25N5O5S/c1-27(35(3,31)32)20-7-6-15-11-18(29(22(15)26-20)13-14-4-5-14)23-25-17-10-16(24(30)33-2)12-19-21(17)28(23)8-9-34-19/h6-7,10-12,14H,4-5,8-9,13H2,1-3H3. The predicted octanol–water partition coefficient (Wildman–Crippen LogP) is 3.04. The molecule has 0 radical (unpaired) electrons. The van der Waals surface area contributed by atoms with Crippen LogP contribution in [-0.4, -0.2) is 60.5 Å². The Bertz CT molecular complexity index is 1620. The first kappa shape index (κ1) is 21.9. The van der Waals surface area contributed by atoms with Gasteiger partial charge < -0.3 is 18.6 Å². The summed E-state index contributed by atoms with van der Waals surface area (Å²) in [5.41, 5.74) is 3.52. The van der Waals surface area contributed by atoms with E-state index in [0.29, 0.717) is 41.7 Å². The molecule has 0 bridgehead atoms. The number of aromatic nitrogens is 4. The molecule has 4 aromatic rings. The normalized spacial score (nSPS) is 15.4. The summed E-state index contributed by atoms with van der Waals surface area (Å²) in [6.45, 7) is 1.86. The number of hydrogen-bond donors (Lipinski definition) is 0. The summed E-state index contributed by atoms with van der Waals surface area (Å²) in [6, 6.07) is 9.09. The molecule has 3 aromatic heterocycles. The second kappa shape index (κ2) is 7.70. The van der Waals surface area contributed by atoms with Crippen molar-refractivity contribution in [2.24, 2.45) is 5.92 Å². The molecule has 1 fully saturated rings. The van der Waals surface area contributed by atoms with E-state index in [1.807, 2.05) is 6.07 Å². The summed E-state index contributed by atoms with van der Waals surface area (Å²) >= 11 is 0. The number of nitrogens with zero attached hydrogens (tertiary/aromatic N) is 5. The summed E-state index contributed by atoms with van der Waals surface area (Å²) in [7, 11) is -0.585. The zero-order valence-corrected chi connectivity index (χ0v) is 20.5. The third kappa shape index (κ3) is 3.61. The van der Waals surface area contributed by atoms with Crippen LogP contribution in [-0.2, 0) is 27.8 Å². The Balaban J connectivity index is 1.57. The molecular formula is C24H25N5O5S. The molecule has 10 nitrogen and oxygen atoms in total. The number of imidazole rings is 1. The van der Waals surface area contributed by atoms with E-state index >= 15 is 0 Å². The highest BCUT2D eigenvalue weighted by atomic mass is 32.2. The van der Waals surface area contributed by atoms with Gasteiger partial charge in [-0.25, -0.2) is 23.2 Å². The Kier molecular flexibility index (Phi) is 4.82. The van der Waals surface area contributed by atoms with E-state index in [-0.39, 0.29) is 0 Å². The van der Waals surface area contributed by atoms with Gasteiger partial charge in [0.2, 0.25) is 10.0 Å². The van der Waals surface area contributed by atoms with Crippen molar-refractivity contribution >= 4 is 43.9 Å². The maximum Gasteiger partial charge on any atom is 0.338 e. The van der Waals surface area contributed by atoms with Crippen molar-refractivity contribution in [3.8, 4) is 17.3 Å². The Morgan fingerprint density at radius 3 is 2.74 bits per heavy atom. The molecule has 1 aliphatic heterocycles. The van der Waals surface area contributed by atoms with E-state index in [1.165, 1.54) is 18.5 Å². The number of benzene rings is 1. The van der Waals surface area contributed by atoms with E-state index in [9.17, 15) is 13.2 Å². The Hall–Kier alpha value is -3.60. The zero-order valence-electron chi connectivity index (χ0n) is 19.7. The number of pyridine rings is 1. The number of rotatable bonds is 6. The zero-order chi connectivity index (χ0) is 24.5. The number of sulfonamides is 1. The number of carbonyl (C=O) groups is 1. The van der Waals surface area contributed by atoms with Crippen LogP contribution in [0, 0.1) is 5.92 Å². The number of esters is 1. The summed E-state index contributed by atoms with van der Waals surface area (Å²) in [5.74, 6) is 1.85. The number of anilines is 1. The number of fused-ring (bicyclic) bond motifs is 1. The third-order valence-electron chi connectivity index (χ3n) is 6.72. The van der Waals surface area contributed by atoms with Crippen LogP contribution < -0.4 is 9.04 Å². The summed E-state index contributed by atoms with van der Waals surface area (Å²) < 4.78 is 40.4. The highest BCUT2D eigenvalue weighted by molar-refractivity contribution is 7.92. The molecule has 1 aromatic carbocycles. The molecule has 0 amide bonds. The molecule has 1 saturated carbocycles. The van der Waals surface area contributed by atoms with Crippen LogP contribution in [0.3, 0.4) is 0 Å². The molecule has 4 heterocycles. The van der Waals surface area contributed by atoms with Crippen molar-refractivity contribution < 1.29 is 22.7 Å². The lowest BCUT2D eigenvalue weighted by atomic mass is 10.1. The number of ether oxygens (including phenoxy) is 2. The Morgan fingerprint density at radius 2 is 2.03 bits per heavy atom. The SMILES string of the molecule is COC(=O)c1cc2c3c(c1)nc(-c1cc4ccc(N(C)S(C)(=O)=O)nc4n1CC1CC1)n3CCO2. The largest absolute Gasteiger partial charge is 0.489 e. The lowest BCUT2D eigenvalue weighted by Crippen LogP contribution is -2.25. The maximum absolute atomic E-state index is 12.2. The van der Waals surface area contributed by atoms with Crippen molar-refractivity contribution in [1.29, 1.82) is 0 Å². The van der Waals surface area contributed by atoms with Crippen LogP contribution in [0.5, 0.6) is 5.75 Å². The molecular weight excluding hydrogens is 470 g/mol. The maximum atomic E-state index is 12.2. The minimum Gasteiger partial charge on any atom is -0.489 e. The predicted molar refractivity (Wildman–Crippen MR) is 131 cm³/mol. The number of carbonyl (C=O) groups excluding carboxylic acids is 1. The van der Waals surface area contributed by atoms with Gasteiger partial charge >= 0.3 is 5.97 Å². The van der Waals surface area contributed by atoms with E-state index in [2.05, 4.69) is 15.2 Å². The van der Waals surface area contributed by atoms with Crippen LogP contribution in [0.15, 0.2) is 30.3 Å². The van der Waals surface area contributed by atoms with E-state index in [0.717, 1.165) is 53.7 Å². The fourth-order valence-corrected chi connectivity index (χ4v) is 5.07. The third-order valence-corrected chi connectivity index (χ3v) is 7.90. The molecule has 182 valence electrons. The van der Waals surface area contributed by atoms with Gasteiger partial charge in [-0.1, -0.05) is 0 Å². The molecule has 1 aliphatic carbocycles. The minimum atomic E-state index is -3.44. The van der Waals surface area contributed by atoms with Crippen LogP contribution in [0.4, 0.5) is 5.82 Å². The molecule has 2 aliphatic rings. The smallest absolute Gasteiger partial charge is 0.338 e. The lowest BCUT2D eigenvalue weighted by Gasteiger charge is -2.19. The van der Waals surface area contributed by atoms with E-state index < -0.39 is 16.0 Å². The highest BCUT2D eigenvalue weighted by Gasteiger charge is 2.29.